The van der Waals surface area contributed by atoms with Crippen LogP contribution in [0.1, 0.15) is 11.1 Å². The first-order valence-electron chi connectivity index (χ1n) is 3.88. The lowest BCUT2D eigenvalue weighted by Crippen LogP contribution is -1.73. The van der Waals surface area contributed by atoms with Crippen LogP contribution in [0.25, 0.3) is 6.08 Å². The van der Waals surface area contributed by atoms with Gasteiger partial charge in [-0.1, -0.05) is 29.8 Å². The molecule has 2 heteroatoms. The zero-order valence-electron chi connectivity index (χ0n) is 7.99. The highest BCUT2D eigenvalue weighted by Gasteiger charge is 1.84. The second kappa shape index (κ2) is 7.10. The van der Waals surface area contributed by atoms with Crippen LogP contribution in [-0.4, -0.2) is 13.9 Å². The third-order valence-corrected chi connectivity index (χ3v) is 1.47. The lowest BCUT2D eigenvalue weighted by Gasteiger charge is -1.93. The first kappa shape index (κ1) is 11.4. The second-order valence-electron chi connectivity index (χ2n) is 2.45. The fourth-order valence-electron chi connectivity index (χ4n) is 0.824. The first-order valence-corrected chi connectivity index (χ1v) is 3.88. The third-order valence-electron chi connectivity index (χ3n) is 1.47. The molecule has 0 aliphatic rings. The number of aryl methyl sites for hydroxylation is 1. The molecular weight excluding hydrogens is 164 g/mol. The molecule has 13 heavy (non-hydrogen) atoms. The quantitative estimate of drug-likeness (QED) is 0.650. The van der Waals surface area contributed by atoms with Crippen LogP contribution < -0.4 is 0 Å². The topological polar surface area (TPSA) is 26.3 Å². The van der Waals surface area contributed by atoms with Gasteiger partial charge >= 0.3 is 0 Å². The minimum absolute atomic E-state index is 1.16. The van der Waals surface area contributed by atoms with E-state index in [4.69, 9.17) is 9.53 Å². The van der Waals surface area contributed by atoms with Crippen LogP contribution >= 0.6 is 0 Å². The van der Waals surface area contributed by atoms with Crippen LogP contribution in [0.3, 0.4) is 0 Å². The van der Waals surface area contributed by atoms with E-state index >= 15 is 0 Å². The fourth-order valence-corrected chi connectivity index (χ4v) is 0.824. The van der Waals surface area contributed by atoms with E-state index in [9.17, 15) is 0 Å². The van der Waals surface area contributed by atoms with Crippen molar-refractivity contribution >= 4 is 12.9 Å². The molecule has 0 radical (unpaired) electrons. The van der Waals surface area contributed by atoms with Crippen molar-refractivity contribution in [2.75, 3.05) is 7.11 Å². The Morgan fingerprint density at radius 3 is 2.23 bits per heavy atom. The number of benzene rings is 1. The lowest BCUT2D eigenvalue weighted by atomic mass is 10.1. The summed E-state index contributed by atoms with van der Waals surface area (Å²) < 4.78 is 4.80. The molecule has 0 fully saturated rings. The maximum Gasteiger partial charge on any atom is 0.106 e. The second-order valence-corrected chi connectivity index (χ2v) is 2.45. The highest BCUT2D eigenvalue weighted by atomic mass is 16.5. The maximum atomic E-state index is 8.00. The Labute approximate surface area is 78.8 Å². The number of ether oxygens (including phenoxy) is 1. The van der Waals surface area contributed by atoms with E-state index in [-0.39, 0.29) is 0 Å². The SMILES string of the molecule is C=O.CO/C=C/c1ccc(C)cc1. The first-order chi connectivity index (χ1) is 6.33. The van der Waals surface area contributed by atoms with Crippen molar-refractivity contribution in [3.05, 3.63) is 41.7 Å². The van der Waals surface area contributed by atoms with E-state index in [1.165, 1.54) is 5.56 Å². The monoisotopic (exact) mass is 178 g/mol. The minimum atomic E-state index is 1.16. The van der Waals surface area contributed by atoms with Gasteiger partial charge in [0.15, 0.2) is 0 Å². The van der Waals surface area contributed by atoms with Crippen LogP contribution in [0.4, 0.5) is 0 Å². The zero-order valence-corrected chi connectivity index (χ0v) is 7.99. The van der Waals surface area contributed by atoms with Crippen molar-refractivity contribution in [2.45, 2.75) is 6.92 Å². The number of carbonyl (C=O) groups is 1. The summed E-state index contributed by atoms with van der Waals surface area (Å²) in [5.74, 6) is 0. The predicted molar refractivity (Wildman–Crippen MR) is 54.3 cm³/mol. The zero-order chi connectivity index (χ0) is 10.1. The Kier molecular flexibility index (Phi) is 6.24. The molecule has 0 heterocycles. The third kappa shape index (κ3) is 4.80. The average Bonchev–Trinajstić information content (AvgIpc) is 2.20. The molecule has 0 N–H and O–H groups in total. The van der Waals surface area contributed by atoms with Gasteiger partial charge in [-0.2, -0.15) is 0 Å². The van der Waals surface area contributed by atoms with Gasteiger partial charge in [-0.15, -0.1) is 0 Å². The Hall–Kier alpha value is -1.57. The number of carbonyl (C=O) groups excluding carboxylic acids is 1. The van der Waals surface area contributed by atoms with Gasteiger partial charge in [0.1, 0.15) is 6.79 Å². The summed E-state index contributed by atoms with van der Waals surface area (Å²) >= 11 is 0. The highest BCUT2D eigenvalue weighted by molar-refractivity contribution is 5.48. The molecule has 0 unspecified atom stereocenters. The average molecular weight is 178 g/mol. The maximum absolute atomic E-state index is 8.00. The molecule has 0 saturated carbocycles. The van der Waals surface area contributed by atoms with E-state index in [0.29, 0.717) is 0 Å². The molecule has 1 aromatic carbocycles. The summed E-state index contributed by atoms with van der Waals surface area (Å²) in [6.45, 7) is 4.07. The number of hydrogen-bond donors (Lipinski definition) is 0. The van der Waals surface area contributed by atoms with Crippen LogP contribution in [-0.2, 0) is 9.53 Å². The largest absolute Gasteiger partial charge is 0.504 e. The molecule has 0 spiro atoms. The van der Waals surface area contributed by atoms with Crippen molar-refractivity contribution < 1.29 is 9.53 Å². The van der Waals surface area contributed by atoms with E-state index in [0.717, 1.165) is 5.56 Å². The standard InChI is InChI=1S/C10H12O.CH2O/c1-9-3-5-10(6-4-9)7-8-11-2;1-2/h3-8H,1-2H3;1H2/b8-7+;. The van der Waals surface area contributed by atoms with Gasteiger partial charge in [-0.05, 0) is 18.6 Å². The van der Waals surface area contributed by atoms with Crippen LogP contribution in [0.2, 0.25) is 0 Å². The Bertz CT molecular complexity index is 249. The molecule has 0 atom stereocenters. The summed E-state index contributed by atoms with van der Waals surface area (Å²) in [7, 11) is 1.64. The smallest absolute Gasteiger partial charge is 0.106 e. The summed E-state index contributed by atoms with van der Waals surface area (Å²) in [5, 5.41) is 0. The molecule has 0 amide bonds. The van der Waals surface area contributed by atoms with Crippen molar-refractivity contribution in [2.24, 2.45) is 0 Å². The van der Waals surface area contributed by atoms with Gasteiger partial charge in [-0.3, -0.25) is 0 Å². The summed E-state index contributed by atoms with van der Waals surface area (Å²) in [5.41, 5.74) is 2.44. The van der Waals surface area contributed by atoms with Gasteiger partial charge in [-0.25, -0.2) is 0 Å². The molecule has 0 aliphatic heterocycles. The molecule has 0 saturated heterocycles. The van der Waals surface area contributed by atoms with Gasteiger partial charge in [0.2, 0.25) is 0 Å². The molecular formula is C11H14O2. The van der Waals surface area contributed by atoms with Crippen molar-refractivity contribution in [3.8, 4) is 0 Å². The van der Waals surface area contributed by atoms with E-state index < -0.39 is 0 Å². The Morgan fingerprint density at radius 2 is 1.77 bits per heavy atom. The minimum Gasteiger partial charge on any atom is -0.504 e. The molecule has 0 aliphatic carbocycles. The van der Waals surface area contributed by atoms with Crippen LogP contribution in [0.5, 0.6) is 0 Å². The van der Waals surface area contributed by atoms with Crippen molar-refractivity contribution in [1.29, 1.82) is 0 Å². The molecule has 2 nitrogen and oxygen atoms in total. The molecule has 1 aromatic rings. The molecule has 0 aromatic heterocycles. The molecule has 0 bridgehead atoms. The molecule has 70 valence electrons. The molecule has 1 rings (SSSR count). The van der Waals surface area contributed by atoms with Gasteiger partial charge in [0.05, 0.1) is 13.4 Å². The fraction of sp³-hybridized carbons (Fsp3) is 0.182. The van der Waals surface area contributed by atoms with Gasteiger partial charge in [0, 0.05) is 0 Å². The number of rotatable bonds is 2. The van der Waals surface area contributed by atoms with E-state index in [1.54, 1.807) is 13.4 Å². The highest BCUT2D eigenvalue weighted by Crippen LogP contribution is 2.04. The predicted octanol–water partition coefficient (Wildman–Crippen LogP) is 2.43. The summed E-state index contributed by atoms with van der Waals surface area (Å²) in [4.78, 5) is 8.00. The van der Waals surface area contributed by atoms with Gasteiger partial charge < -0.3 is 9.53 Å². The number of methoxy groups -OCH3 is 1. The van der Waals surface area contributed by atoms with Crippen LogP contribution in [0.15, 0.2) is 30.5 Å². The normalized spacial score (nSPS) is 9.08. The Morgan fingerprint density at radius 1 is 1.23 bits per heavy atom. The number of hydrogen-bond acceptors (Lipinski definition) is 2. The summed E-state index contributed by atoms with van der Waals surface area (Å²) in [6, 6.07) is 8.28. The lowest BCUT2D eigenvalue weighted by molar-refractivity contribution is -0.0979. The van der Waals surface area contributed by atoms with E-state index in [2.05, 4.69) is 31.2 Å². The van der Waals surface area contributed by atoms with Gasteiger partial charge in [0.25, 0.3) is 0 Å². The van der Waals surface area contributed by atoms with Crippen LogP contribution in [0, 0.1) is 6.92 Å². The van der Waals surface area contributed by atoms with E-state index in [1.807, 2.05) is 12.9 Å². The Balaban J connectivity index is 0.000000671. The van der Waals surface area contributed by atoms with Crippen molar-refractivity contribution in [3.63, 3.8) is 0 Å². The summed E-state index contributed by atoms with van der Waals surface area (Å²) in [6.07, 6.45) is 3.60. The van der Waals surface area contributed by atoms with Crippen molar-refractivity contribution in [1.82, 2.24) is 0 Å².